The van der Waals surface area contributed by atoms with Crippen molar-refractivity contribution >= 4 is 23.6 Å². The second-order valence-corrected chi connectivity index (χ2v) is 7.05. The minimum absolute atomic E-state index is 0.142. The van der Waals surface area contributed by atoms with Crippen LogP contribution in [0.1, 0.15) is 21.5 Å². The van der Waals surface area contributed by atoms with Crippen LogP contribution in [0, 0.1) is 0 Å². The van der Waals surface area contributed by atoms with Crippen LogP contribution in [-0.4, -0.2) is 27.5 Å². The molecule has 0 bridgehead atoms. The monoisotopic (exact) mass is 408 g/mol. The van der Waals surface area contributed by atoms with Crippen molar-refractivity contribution in [2.75, 3.05) is 6.61 Å². The van der Waals surface area contributed by atoms with E-state index in [0.29, 0.717) is 17.3 Å². The molecule has 0 spiro atoms. The van der Waals surface area contributed by atoms with E-state index in [1.54, 1.807) is 18.2 Å². The van der Waals surface area contributed by atoms with Crippen LogP contribution in [0.4, 0.5) is 0 Å². The van der Waals surface area contributed by atoms with Gasteiger partial charge in [0.25, 0.3) is 5.56 Å². The Hall–Kier alpha value is -3.38. The lowest BCUT2D eigenvalue weighted by atomic mass is 10.1. The molecule has 2 heterocycles. The summed E-state index contributed by atoms with van der Waals surface area (Å²) in [4.78, 5) is 24.1. The summed E-state index contributed by atoms with van der Waals surface area (Å²) in [5.41, 5.74) is 2.17. The number of fused-ring (bicyclic) bond motifs is 1. The lowest BCUT2D eigenvalue weighted by molar-refractivity contribution is 0.0694. The normalized spacial score (nSPS) is 12.7. The molecule has 1 aromatic heterocycles. The minimum atomic E-state index is -1.28. The summed E-state index contributed by atoms with van der Waals surface area (Å²) in [5.74, 6) is -0.454. The van der Waals surface area contributed by atoms with Gasteiger partial charge in [0, 0.05) is 17.0 Å². The van der Waals surface area contributed by atoms with Gasteiger partial charge in [-0.1, -0.05) is 35.9 Å². The van der Waals surface area contributed by atoms with E-state index in [2.05, 4.69) is 5.10 Å². The molecule has 6 nitrogen and oxygen atoms in total. The minimum Gasteiger partial charge on any atom is -0.493 e. The summed E-state index contributed by atoms with van der Waals surface area (Å²) < 4.78 is 6.67. The first kappa shape index (κ1) is 19.0. The molecule has 3 aromatic rings. The number of nitrogens with zero attached hydrogens (tertiary/aromatic N) is 2. The molecule has 0 unspecified atom stereocenters. The summed E-state index contributed by atoms with van der Waals surface area (Å²) in [6.07, 6.45) is 4.37. The zero-order chi connectivity index (χ0) is 20.4. The van der Waals surface area contributed by atoms with Gasteiger partial charge in [-0.15, -0.1) is 0 Å². The van der Waals surface area contributed by atoms with Gasteiger partial charge in [0.15, 0.2) is 0 Å². The van der Waals surface area contributed by atoms with Gasteiger partial charge >= 0.3 is 5.97 Å². The van der Waals surface area contributed by atoms with Crippen LogP contribution < -0.4 is 10.3 Å². The molecule has 0 aliphatic carbocycles. The maximum Gasteiger partial charge on any atom is 0.341 e. The Morgan fingerprint density at radius 1 is 1.21 bits per heavy atom. The van der Waals surface area contributed by atoms with Gasteiger partial charge in [-0.25, -0.2) is 9.48 Å². The molecule has 0 radical (unpaired) electrons. The zero-order valence-electron chi connectivity index (χ0n) is 15.3. The Kier molecular flexibility index (Phi) is 5.18. The topological polar surface area (TPSA) is 81.4 Å². The van der Waals surface area contributed by atoms with Gasteiger partial charge in [0.05, 0.1) is 18.8 Å². The second kappa shape index (κ2) is 7.93. The molecule has 1 aliphatic rings. The lowest BCUT2D eigenvalue weighted by Gasteiger charge is -2.09. The highest BCUT2D eigenvalue weighted by Gasteiger charge is 2.17. The van der Waals surface area contributed by atoms with Crippen LogP contribution in [0.15, 0.2) is 59.4 Å². The molecule has 4 rings (SSSR count). The summed E-state index contributed by atoms with van der Waals surface area (Å²) >= 11 is 5.88. The van der Waals surface area contributed by atoms with Crippen molar-refractivity contribution in [3.63, 3.8) is 0 Å². The molecule has 0 atom stereocenters. The van der Waals surface area contributed by atoms with Crippen LogP contribution >= 0.6 is 11.6 Å². The van der Waals surface area contributed by atoms with Gasteiger partial charge in [-0.3, -0.25) is 4.79 Å². The van der Waals surface area contributed by atoms with Crippen LogP contribution in [0.5, 0.6) is 5.75 Å². The van der Waals surface area contributed by atoms with Gasteiger partial charge in [-0.05, 0) is 47.5 Å². The number of benzene rings is 2. The van der Waals surface area contributed by atoms with Gasteiger partial charge < -0.3 is 9.84 Å². The van der Waals surface area contributed by atoms with E-state index < -0.39 is 11.5 Å². The third kappa shape index (κ3) is 4.07. The maximum absolute atomic E-state index is 12.5. The van der Waals surface area contributed by atoms with Gasteiger partial charge in [0.1, 0.15) is 11.3 Å². The number of ether oxygens (including phenoxy) is 1. The van der Waals surface area contributed by atoms with Crippen molar-refractivity contribution in [3.8, 4) is 17.0 Å². The number of halogens is 1. The van der Waals surface area contributed by atoms with Crippen LogP contribution in [0.2, 0.25) is 5.02 Å². The molecule has 0 fully saturated rings. The number of carboxylic acids is 1. The Balaban J connectivity index is 1.68. The van der Waals surface area contributed by atoms with Crippen molar-refractivity contribution in [2.45, 2.75) is 13.0 Å². The number of allylic oxidation sites excluding steroid dienone is 1. The first-order valence-electron chi connectivity index (χ1n) is 9.05. The predicted molar refractivity (Wildman–Crippen MR) is 111 cm³/mol. The molecule has 146 valence electrons. The van der Waals surface area contributed by atoms with Crippen LogP contribution in [0.3, 0.4) is 0 Å². The molecule has 2 aromatic carbocycles. The number of aromatic nitrogens is 2. The fraction of sp³-hybridized carbons (Fsp3) is 0.136. The summed E-state index contributed by atoms with van der Waals surface area (Å²) in [6.45, 7) is 0.769. The standard InChI is InChI=1S/C22H17ClN2O4/c23-17-6-3-14(4-7-17)2-1-10-25-21(26)18(22(27)28)13-19(24-25)15-5-8-20-16(12-15)9-11-29-20/h1-8,12-13H,9-11H2,(H,27,28)/b2-1+. The highest BCUT2D eigenvalue weighted by molar-refractivity contribution is 6.30. The fourth-order valence-corrected chi connectivity index (χ4v) is 3.29. The molecule has 1 N–H and O–H groups in total. The summed E-state index contributed by atoms with van der Waals surface area (Å²) in [5, 5.41) is 14.5. The Labute approximate surface area is 171 Å². The number of carbonyl (C=O) groups is 1. The maximum atomic E-state index is 12.5. The van der Waals surface area contributed by atoms with E-state index in [0.717, 1.165) is 33.5 Å². The first-order valence-corrected chi connectivity index (χ1v) is 9.43. The van der Waals surface area contributed by atoms with Crippen molar-refractivity contribution in [1.29, 1.82) is 0 Å². The van der Waals surface area contributed by atoms with Crippen LogP contribution in [0.25, 0.3) is 17.3 Å². The third-order valence-electron chi connectivity index (χ3n) is 4.65. The van der Waals surface area contributed by atoms with E-state index >= 15 is 0 Å². The lowest BCUT2D eigenvalue weighted by Crippen LogP contribution is -2.28. The largest absolute Gasteiger partial charge is 0.493 e. The quantitative estimate of drug-likeness (QED) is 0.692. The number of rotatable bonds is 5. The molecule has 0 saturated heterocycles. The molecular weight excluding hydrogens is 392 g/mol. The SMILES string of the molecule is O=C(O)c1cc(-c2ccc3c(c2)CCO3)nn(C/C=C/c2ccc(Cl)cc2)c1=O. The van der Waals surface area contributed by atoms with E-state index in [4.69, 9.17) is 16.3 Å². The third-order valence-corrected chi connectivity index (χ3v) is 4.90. The zero-order valence-corrected chi connectivity index (χ0v) is 16.1. The molecule has 29 heavy (non-hydrogen) atoms. The second-order valence-electron chi connectivity index (χ2n) is 6.61. The van der Waals surface area contributed by atoms with Crippen molar-refractivity contribution in [2.24, 2.45) is 0 Å². The van der Waals surface area contributed by atoms with E-state index in [1.807, 2.05) is 36.4 Å². The average molecular weight is 409 g/mol. The Morgan fingerprint density at radius 2 is 2.00 bits per heavy atom. The number of hydrogen-bond acceptors (Lipinski definition) is 4. The van der Waals surface area contributed by atoms with Gasteiger partial charge in [0.2, 0.25) is 0 Å². The fourth-order valence-electron chi connectivity index (χ4n) is 3.17. The summed E-state index contributed by atoms with van der Waals surface area (Å²) in [7, 11) is 0. The van der Waals surface area contributed by atoms with Crippen molar-refractivity contribution in [1.82, 2.24) is 9.78 Å². The van der Waals surface area contributed by atoms with E-state index in [9.17, 15) is 14.7 Å². The number of hydrogen-bond donors (Lipinski definition) is 1. The van der Waals surface area contributed by atoms with E-state index in [1.165, 1.54) is 6.07 Å². The molecular formula is C22H17ClN2O4. The van der Waals surface area contributed by atoms with Crippen molar-refractivity contribution in [3.05, 3.63) is 86.7 Å². The Morgan fingerprint density at radius 3 is 2.76 bits per heavy atom. The average Bonchev–Trinajstić information content (AvgIpc) is 3.18. The molecule has 0 saturated carbocycles. The molecule has 7 heteroatoms. The van der Waals surface area contributed by atoms with Crippen molar-refractivity contribution < 1.29 is 14.6 Å². The summed E-state index contributed by atoms with van der Waals surface area (Å²) in [6, 6.07) is 14.1. The molecule has 0 amide bonds. The number of carboxylic acid groups (broad SMARTS) is 1. The smallest absolute Gasteiger partial charge is 0.341 e. The molecule has 1 aliphatic heterocycles. The predicted octanol–water partition coefficient (Wildman–Crippen LogP) is 3.91. The van der Waals surface area contributed by atoms with Crippen LogP contribution in [-0.2, 0) is 13.0 Å². The number of aromatic carboxylic acids is 1. The van der Waals surface area contributed by atoms with E-state index in [-0.39, 0.29) is 12.1 Å². The highest BCUT2D eigenvalue weighted by Crippen LogP contribution is 2.29. The van der Waals surface area contributed by atoms with Gasteiger partial charge in [-0.2, -0.15) is 5.10 Å². The highest BCUT2D eigenvalue weighted by atomic mass is 35.5. The first-order chi connectivity index (χ1) is 14.0. The Bertz CT molecular complexity index is 1170.